The molecule has 2 aromatic rings. The van der Waals surface area contributed by atoms with Gasteiger partial charge in [0.15, 0.2) is 5.11 Å². The van der Waals surface area contributed by atoms with Gasteiger partial charge in [0.1, 0.15) is 0 Å². The van der Waals surface area contributed by atoms with Crippen LogP contribution in [0.2, 0.25) is 5.02 Å². The van der Waals surface area contributed by atoms with Crippen molar-refractivity contribution in [3.05, 3.63) is 51.2 Å². The van der Waals surface area contributed by atoms with Crippen LogP contribution < -0.4 is 10.6 Å². The molecule has 1 heterocycles. The average molecular weight is 341 g/mol. The Labute approximate surface area is 134 Å². The number of carbonyl (C=O) groups excluding carboxylic acids is 1. The summed E-state index contributed by atoms with van der Waals surface area (Å²) in [5.74, 6) is -1.42. The number of anilines is 1. The molecule has 2 rings (SSSR count). The molecule has 0 atom stereocenters. The van der Waals surface area contributed by atoms with Gasteiger partial charge in [-0.15, -0.1) is 11.3 Å². The fraction of sp³-hybridized carbons (Fsp3) is 0. The molecule has 0 aliphatic carbocycles. The van der Waals surface area contributed by atoms with Gasteiger partial charge in [0, 0.05) is 5.69 Å². The van der Waals surface area contributed by atoms with Gasteiger partial charge in [-0.2, -0.15) is 0 Å². The van der Waals surface area contributed by atoms with Crippen LogP contribution in [0.15, 0.2) is 35.7 Å². The van der Waals surface area contributed by atoms with Crippen LogP contribution in [0.5, 0.6) is 0 Å². The van der Waals surface area contributed by atoms with Crippen molar-refractivity contribution in [1.82, 2.24) is 5.32 Å². The van der Waals surface area contributed by atoms with Crippen molar-refractivity contribution < 1.29 is 14.7 Å². The summed E-state index contributed by atoms with van der Waals surface area (Å²) in [6, 6.07) is 7.74. The van der Waals surface area contributed by atoms with E-state index in [1.165, 1.54) is 29.5 Å². The van der Waals surface area contributed by atoms with Gasteiger partial charge in [0.2, 0.25) is 0 Å². The molecule has 0 radical (unpaired) electrons. The van der Waals surface area contributed by atoms with Crippen LogP contribution in [0.1, 0.15) is 20.0 Å². The topological polar surface area (TPSA) is 78.4 Å². The van der Waals surface area contributed by atoms with E-state index in [4.69, 9.17) is 28.9 Å². The first-order valence-electron chi connectivity index (χ1n) is 5.66. The van der Waals surface area contributed by atoms with E-state index >= 15 is 0 Å². The quantitative estimate of drug-likeness (QED) is 0.748. The van der Waals surface area contributed by atoms with E-state index < -0.39 is 5.97 Å². The van der Waals surface area contributed by atoms with Gasteiger partial charge < -0.3 is 10.4 Å². The molecular weight excluding hydrogens is 332 g/mol. The molecule has 0 unspecified atom stereocenters. The van der Waals surface area contributed by atoms with Crippen LogP contribution in [-0.4, -0.2) is 22.1 Å². The van der Waals surface area contributed by atoms with Gasteiger partial charge in [-0.25, -0.2) is 4.79 Å². The molecule has 3 N–H and O–H groups in total. The molecule has 0 saturated carbocycles. The highest BCUT2D eigenvalue weighted by molar-refractivity contribution is 7.80. The number of rotatable bonds is 3. The van der Waals surface area contributed by atoms with Crippen LogP contribution in [0, 0.1) is 0 Å². The lowest BCUT2D eigenvalue weighted by Crippen LogP contribution is -2.33. The van der Waals surface area contributed by atoms with Crippen molar-refractivity contribution in [3.8, 4) is 0 Å². The lowest BCUT2D eigenvalue weighted by molar-refractivity contribution is 0.0697. The fourth-order valence-electron chi connectivity index (χ4n) is 1.50. The number of thiocarbonyl (C=S) groups is 1. The number of carbonyl (C=O) groups is 2. The first-order chi connectivity index (χ1) is 9.97. The summed E-state index contributed by atoms with van der Waals surface area (Å²) in [6.45, 7) is 0. The van der Waals surface area contributed by atoms with Crippen molar-refractivity contribution in [2.75, 3.05) is 5.32 Å². The maximum atomic E-state index is 11.8. The van der Waals surface area contributed by atoms with E-state index in [-0.39, 0.29) is 21.6 Å². The summed E-state index contributed by atoms with van der Waals surface area (Å²) in [6.07, 6.45) is 0. The molecule has 0 aliphatic heterocycles. The molecule has 0 saturated heterocycles. The maximum absolute atomic E-state index is 11.8. The van der Waals surface area contributed by atoms with Gasteiger partial charge in [0.25, 0.3) is 5.91 Å². The van der Waals surface area contributed by atoms with E-state index in [2.05, 4.69) is 10.6 Å². The van der Waals surface area contributed by atoms with Crippen molar-refractivity contribution in [1.29, 1.82) is 0 Å². The molecule has 0 aliphatic rings. The Bertz CT molecular complexity index is 701. The Morgan fingerprint density at radius 3 is 2.62 bits per heavy atom. The normalized spacial score (nSPS) is 9.95. The number of hydrogen-bond acceptors (Lipinski definition) is 4. The lowest BCUT2D eigenvalue weighted by atomic mass is 10.2. The molecule has 1 amide bonds. The van der Waals surface area contributed by atoms with Gasteiger partial charge in [-0.1, -0.05) is 17.7 Å². The summed E-state index contributed by atoms with van der Waals surface area (Å²) in [4.78, 5) is 23.2. The van der Waals surface area contributed by atoms with Crippen LogP contribution >= 0.6 is 35.2 Å². The van der Waals surface area contributed by atoms with Crippen LogP contribution in [0.25, 0.3) is 0 Å². The number of amides is 1. The number of aromatic carboxylic acids is 1. The van der Waals surface area contributed by atoms with E-state index in [0.717, 1.165) is 0 Å². The van der Waals surface area contributed by atoms with Gasteiger partial charge in [-0.3, -0.25) is 10.1 Å². The van der Waals surface area contributed by atoms with E-state index in [9.17, 15) is 9.59 Å². The predicted molar refractivity (Wildman–Crippen MR) is 86.4 cm³/mol. The monoisotopic (exact) mass is 340 g/mol. The van der Waals surface area contributed by atoms with Crippen molar-refractivity contribution in [2.45, 2.75) is 0 Å². The largest absolute Gasteiger partial charge is 0.478 e. The molecule has 1 aromatic heterocycles. The number of halogens is 1. The highest BCUT2D eigenvalue weighted by Gasteiger charge is 2.11. The SMILES string of the molecule is O=C(NC(=S)Nc1ccc(C(=O)O)c(Cl)c1)c1cccs1. The average Bonchev–Trinajstić information content (AvgIpc) is 2.91. The Morgan fingerprint density at radius 2 is 2.05 bits per heavy atom. The zero-order valence-electron chi connectivity index (χ0n) is 10.4. The Hall–Kier alpha value is -1.96. The van der Waals surface area contributed by atoms with Crippen molar-refractivity contribution >= 4 is 57.8 Å². The Kier molecular flexibility index (Phi) is 4.89. The van der Waals surface area contributed by atoms with Crippen LogP contribution in [-0.2, 0) is 0 Å². The van der Waals surface area contributed by atoms with Crippen molar-refractivity contribution in [3.63, 3.8) is 0 Å². The molecule has 0 spiro atoms. The standard InChI is InChI=1S/C13H9ClN2O3S2/c14-9-6-7(3-4-8(9)12(18)19)15-13(20)16-11(17)10-2-1-5-21-10/h1-6H,(H,18,19)(H2,15,16,17,20). The smallest absolute Gasteiger partial charge is 0.337 e. The first kappa shape index (κ1) is 15.4. The molecule has 1 aromatic carbocycles. The minimum absolute atomic E-state index is 0.00393. The molecular formula is C13H9ClN2O3S2. The van der Waals surface area contributed by atoms with Crippen LogP contribution in [0.4, 0.5) is 5.69 Å². The number of carboxylic acids is 1. The Morgan fingerprint density at radius 1 is 1.29 bits per heavy atom. The number of hydrogen-bond donors (Lipinski definition) is 3. The number of nitrogens with one attached hydrogen (secondary N) is 2. The summed E-state index contributed by atoms with van der Waals surface area (Å²) in [5, 5.41) is 16.1. The molecule has 0 bridgehead atoms. The number of carboxylic acid groups (broad SMARTS) is 1. The van der Waals surface area contributed by atoms with Gasteiger partial charge in [-0.05, 0) is 41.9 Å². The fourth-order valence-corrected chi connectivity index (χ4v) is 2.59. The minimum Gasteiger partial charge on any atom is -0.478 e. The Balaban J connectivity index is 2.01. The number of benzene rings is 1. The highest BCUT2D eigenvalue weighted by Crippen LogP contribution is 2.21. The molecule has 0 fully saturated rings. The third-order valence-electron chi connectivity index (χ3n) is 2.43. The third-order valence-corrected chi connectivity index (χ3v) is 3.81. The third kappa shape index (κ3) is 4.01. The van der Waals surface area contributed by atoms with E-state index in [0.29, 0.717) is 10.6 Å². The van der Waals surface area contributed by atoms with Gasteiger partial charge in [0.05, 0.1) is 15.5 Å². The molecule has 8 heteroatoms. The van der Waals surface area contributed by atoms with E-state index in [1.807, 2.05) is 0 Å². The second kappa shape index (κ2) is 6.66. The molecule has 108 valence electrons. The first-order valence-corrected chi connectivity index (χ1v) is 7.32. The van der Waals surface area contributed by atoms with Gasteiger partial charge >= 0.3 is 5.97 Å². The second-order valence-corrected chi connectivity index (χ2v) is 5.65. The summed E-state index contributed by atoms with van der Waals surface area (Å²) >= 11 is 12.2. The predicted octanol–water partition coefficient (Wildman–Crippen LogP) is 3.23. The highest BCUT2D eigenvalue weighted by atomic mass is 35.5. The summed E-state index contributed by atoms with van der Waals surface area (Å²) in [5.41, 5.74) is 0.484. The second-order valence-electron chi connectivity index (χ2n) is 3.89. The molecule has 21 heavy (non-hydrogen) atoms. The van der Waals surface area contributed by atoms with E-state index in [1.54, 1.807) is 17.5 Å². The molecule has 5 nitrogen and oxygen atoms in total. The van der Waals surface area contributed by atoms with Crippen LogP contribution in [0.3, 0.4) is 0 Å². The zero-order chi connectivity index (χ0) is 15.4. The summed E-state index contributed by atoms with van der Waals surface area (Å²) < 4.78 is 0. The number of thiophene rings is 1. The van der Waals surface area contributed by atoms with Crippen molar-refractivity contribution in [2.24, 2.45) is 0 Å². The lowest BCUT2D eigenvalue weighted by Gasteiger charge is -2.09. The minimum atomic E-state index is -1.11. The maximum Gasteiger partial charge on any atom is 0.337 e. The zero-order valence-corrected chi connectivity index (χ0v) is 12.8. The summed E-state index contributed by atoms with van der Waals surface area (Å²) in [7, 11) is 0.